The summed E-state index contributed by atoms with van der Waals surface area (Å²) in [4.78, 5) is 12.7. The molecule has 2 N–H and O–H groups in total. The number of likely N-dealkylation sites (tertiary alicyclic amines) is 1. The second-order valence-electron chi connectivity index (χ2n) is 4.30. The molecule has 1 rings (SSSR count). The van der Waals surface area contributed by atoms with Crippen LogP contribution in [-0.4, -0.2) is 46.3 Å². The molecule has 1 heterocycles. The molecule has 82 valence electrons. The minimum atomic E-state index is -0.765. The predicted octanol–water partition coefficient (Wildman–Crippen LogP) is 0.552. The lowest BCUT2D eigenvalue weighted by Crippen LogP contribution is -2.42. The molecule has 0 amide bonds. The highest BCUT2D eigenvalue weighted by atomic mass is 16.4. The monoisotopic (exact) mass is 201 g/mol. The molecular formula is C10H19NO3. The van der Waals surface area contributed by atoms with Crippen LogP contribution in [0, 0.1) is 5.92 Å². The minimum Gasteiger partial charge on any atom is -0.480 e. The maximum absolute atomic E-state index is 10.8. The molecule has 4 nitrogen and oxygen atoms in total. The number of aliphatic hydroxyl groups is 1. The standard InChI is InChI=1S/C10H19NO3/c1-7(2)9(12)6-11-5-3-4-8(11)10(13)14/h7-9,12H,3-6H2,1-2H3,(H,13,14). The van der Waals surface area contributed by atoms with E-state index in [1.807, 2.05) is 18.7 Å². The van der Waals surface area contributed by atoms with Crippen molar-refractivity contribution in [2.75, 3.05) is 13.1 Å². The smallest absolute Gasteiger partial charge is 0.320 e. The van der Waals surface area contributed by atoms with Crippen molar-refractivity contribution in [1.82, 2.24) is 4.90 Å². The Morgan fingerprint density at radius 3 is 2.71 bits per heavy atom. The highest BCUT2D eigenvalue weighted by Crippen LogP contribution is 2.18. The number of carboxylic acid groups (broad SMARTS) is 1. The highest BCUT2D eigenvalue weighted by molar-refractivity contribution is 5.73. The molecule has 0 aromatic carbocycles. The van der Waals surface area contributed by atoms with Gasteiger partial charge in [0.25, 0.3) is 0 Å². The van der Waals surface area contributed by atoms with Gasteiger partial charge in [0.2, 0.25) is 0 Å². The second kappa shape index (κ2) is 4.75. The summed E-state index contributed by atoms with van der Waals surface area (Å²) in [6.07, 6.45) is 1.21. The van der Waals surface area contributed by atoms with Crippen LogP contribution in [0.1, 0.15) is 26.7 Å². The van der Waals surface area contributed by atoms with E-state index in [1.54, 1.807) is 0 Å². The first-order valence-electron chi connectivity index (χ1n) is 5.17. The maximum atomic E-state index is 10.8. The van der Waals surface area contributed by atoms with E-state index < -0.39 is 12.1 Å². The molecular weight excluding hydrogens is 182 g/mol. The van der Waals surface area contributed by atoms with E-state index in [-0.39, 0.29) is 12.0 Å². The molecule has 1 fully saturated rings. The predicted molar refractivity (Wildman–Crippen MR) is 53.1 cm³/mol. The normalized spacial score (nSPS) is 25.6. The van der Waals surface area contributed by atoms with Crippen LogP contribution in [0.25, 0.3) is 0 Å². The van der Waals surface area contributed by atoms with Crippen LogP contribution in [0.4, 0.5) is 0 Å². The third-order valence-electron chi connectivity index (χ3n) is 2.84. The molecule has 0 radical (unpaired) electrons. The van der Waals surface area contributed by atoms with Gasteiger partial charge in [0.05, 0.1) is 6.10 Å². The van der Waals surface area contributed by atoms with Crippen molar-refractivity contribution >= 4 is 5.97 Å². The Kier molecular flexibility index (Phi) is 3.89. The fourth-order valence-electron chi connectivity index (χ4n) is 1.78. The number of aliphatic hydroxyl groups excluding tert-OH is 1. The van der Waals surface area contributed by atoms with Crippen LogP contribution < -0.4 is 0 Å². The summed E-state index contributed by atoms with van der Waals surface area (Å²) in [5, 5.41) is 18.6. The Bertz CT molecular complexity index is 206. The maximum Gasteiger partial charge on any atom is 0.320 e. The number of hydrogen-bond donors (Lipinski definition) is 2. The molecule has 0 aromatic rings. The molecule has 1 saturated heterocycles. The second-order valence-corrected chi connectivity index (χ2v) is 4.30. The van der Waals surface area contributed by atoms with E-state index in [0.29, 0.717) is 13.0 Å². The van der Waals surface area contributed by atoms with Crippen LogP contribution in [0.15, 0.2) is 0 Å². The summed E-state index contributed by atoms with van der Waals surface area (Å²) in [7, 11) is 0. The first-order valence-corrected chi connectivity index (χ1v) is 5.17. The molecule has 1 aliphatic rings. The van der Waals surface area contributed by atoms with Gasteiger partial charge >= 0.3 is 5.97 Å². The van der Waals surface area contributed by atoms with Gasteiger partial charge in [0.15, 0.2) is 0 Å². The van der Waals surface area contributed by atoms with Crippen molar-refractivity contribution in [2.24, 2.45) is 5.92 Å². The Labute approximate surface area is 84.5 Å². The lowest BCUT2D eigenvalue weighted by molar-refractivity contribution is -0.142. The summed E-state index contributed by atoms with van der Waals surface area (Å²) in [5.74, 6) is -0.580. The molecule has 2 atom stereocenters. The van der Waals surface area contributed by atoms with Crippen molar-refractivity contribution < 1.29 is 15.0 Å². The van der Waals surface area contributed by atoms with Gasteiger partial charge in [-0.25, -0.2) is 0 Å². The van der Waals surface area contributed by atoms with Crippen LogP contribution >= 0.6 is 0 Å². The van der Waals surface area contributed by atoms with Crippen molar-refractivity contribution in [1.29, 1.82) is 0 Å². The topological polar surface area (TPSA) is 60.8 Å². The first kappa shape index (κ1) is 11.5. The highest BCUT2D eigenvalue weighted by Gasteiger charge is 2.31. The summed E-state index contributed by atoms with van der Waals surface area (Å²) < 4.78 is 0. The van der Waals surface area contributed by atoms with E-state index in [0.717, 1.165) is 13.0 Å². The number of aliphatic carboxylic acids is 1. The minimum absolute atomic E-state index is 0.185. The van der Waals surface area contributed by atoms with Crippen molar-refractivity contribution in [2.45, 2.75) is 38.8 Å². The Balaban J connectivity index is 2.47. The summed E-state index contributed by atoms with van der Waals surface area (Å²) in [6, 6.07) is -0.386. The fourth-order valence-corrected chi connectivity index (χ4v) is 1.78. The molecule has 1 aliphatic heterocycles. The summed E-state index contributed by atoms with van der Waals surface area (Å²) in [6.45, 7) is 5.16. The van der Waals surface area contributed by atoms with Crippen LogP contribution in [0.2, 0.25) is 0 Å². The zero-order chi connectivity index (χ0) is 10.7. The third kappa shape index (κ3) is 2.69. The largest absolute Gasteiger partial charge is 0.480 e. The molecule has 2 unspecified atom stereocenters. The van der Waals surface area contributed by atoms with Gasteiger partial charge in [-0.1, -0.05) is 13.8 Å². The zero-order valence-electron chi connectivity index (χ0n) is 8.81. The van der Waals surface area contributed by atoms with E-state index in [4.69, 9.17) is 5.11 Å². The van der Waals surface area contributed by atoms with Gasteiger partial charge in [0.1, 0.15) is 6.04 Å². The van der Waals surface area contributed by atoms with E-state index >= 15 is 0 Å². The van der Waals surface area contributed by atoms with Crippen molar-refractivity contribution in [3.05, 3.63) is 0 Å². The number of carbonyl (C=O) groups is 1. The van der Waals surface area contributed by atoms with Gasteiger partial charge < -0.3 is 10.2 Å². The summed E-state index contributed by atoms with van der Waals surface area (Å²) in [5.41, 5.74) is 0. The average Bonchev–Trinajstić information content (AvgIpc) is 2.52. The molecule has 4 heteroatoms. The van der Waals surface area contributed by atoms with Gasteiger partial charge in [-0.05, 0) is 25.3 Å². The zero-order valence-corrected chi connectivity index (χ0v) is 8.81. The van der Waals surface area contributed by atoms with Crippen LogP contribution in [-0.2, 0) is 4.79 Å². The SMILES string of the molecule is CC(C)C(O)CN1CCCC1C(=O)O. The quantitative estimate of drug-likeness (QED) is 0.697. The number of hydrogen-bond acceptors (Lipinski definition) is 3. The molecule has 0 aromatic heterocycles. The van der Waals surface area contributed by atoms with Crippen molar-refractivity contribution in [3.8, 4) is 0 Å². The number of β-amino-alcohol motifs (C(OH)–C–C–N with tert-alkyl or cyclic N) is 1. The van der Waals surface area contributed by atoms with Crippen LogP contribution in [0.5, 0.6) is 0 Å². The molecule has 0 bridgehead atoms. The van der Waals surface area contributed by atoms with Gasteiger partial charge in [-0.15, -0.1) is 0 Å². The Morgan fingerprint density at radius 2 is 2.21 bits per heavy atom. The summed E-state index contributed by atoms with van der Waals surface area (Å²) >= 11 is 0. The lowest BCUT2D eigenvalue weighted by atomic mass is 10.1. The molecule has 0 aliphatic carbocycles. The Hall–Kier alpha value is -0.610. The van der Waals surface area contributed by atoms with E-state index in [9.17, 15) is 9.90 Å². The number of carboxylic acids is 1. The third-order valence-corrected chi connectivity index (χ3v) is 2.84. The Morgan fingerprint density at radius 1 is 1.57 bits per heavy atom. The van der Waals surface area contributed by atoms with E-state index in [1.165, 1.54) is 0 Å². The average molecular weight is 201 g/mol. The van der Waals surface area contributed by atoms with Gasteiger partial charge in [-0.2, -0.15) is 0 Å². The van der Waals surface area contributed by atoms with E-state index in [2.05, 4.69) is 0 Å². The molecule has 0 saturated carbocycles. The number of nitrogens with zero attached hydrogens (tertiary/aromatic N) is 1. The van der Waals surface area contributed by atoms with Gasteiger partial charge in [0, 0.05) is 6.54 Å². The number of rotatable bonds is 4. The first-order chi connectivity index (χ1) is 6.52. The fraction of sp³-hybridized carbons (Fsp3) is 0.900. The van der Waals surface area contributed by atoms with Crippen molar-refractivity contribution in [3.63, 3.8) is 0 Å². The lowest BCUT2D eigenvalue weighted by Gasteiger charge is -2.25. The molecule has 14 heavy (non-hydrogen) atoms. The van der Waals surface area contributed by atoms with Gasteiger partial charge in [-0.3, -0.25) is 9.69 Å². The van der Waals surface area contributed by atoms with Crippen LogP contribution in [0.3, 0.4) is 0 Å². The molecule has 0 spiro atoms.